The van der Waals surface area contributed by atoms with Crippen molar-refractivity contribution in [3.05, 3.63) is 71.8 Å². The molecule has 0 saturated heterocycles. The maximum atomic E-state index is 12.3. The number of thioether (sulfide) groups is 2. The first-order valence-corrected chi connectivity index (χ1v) is 10.7. The maximum Gasteiger partial charge on any atom is 0.240 e. The van der Waals surface area contributed by atoms with Crippen molar-refractivity contribution in [2.45, 2.75) is 24.0 Å². The van der Waals surface area contributed by atoms with E-state index in [1.807, 2.05) is 48.2 Å². The Morgan fingerprint density at radius 1 is 0.960 bits per heavy atom. The van der Waals surface area contributed by atoms with Gasteiger partial charge in [0.05, 0.1) is 0 Å². The fourth-order valence-corrected chi connectivity index (χ4v) is 4.13. The van der Waals surface area contributed by atoms with Crippen LogP contribution in [0.3, 0.4) is 0 Å². The first kappa shape index (κ1) is 19.9. The van der Waals surface area contributed by atoms with E-state index in [4.69, 9.17) is 5.73 Å². The van der Waals surface area contributed by atoms with E-state index >= 15 is 0 Å². The van der Waals surface area contributed by atoms with E-state index in [0.717, 1.165) is 17.3 Å². The van der Waals surface area contributed by atoms with Crippen LogP contribution in [-0.4, -0.2) is 29.5 Å². The molecule has 134 valence electrons. The summed E-state index contributed by atoms with van der Waals surface area (Å²) in [6, 6.07) is 20.6. The number of hydrogen-bond acceptors (Lipinski definition) is 4. The lowest BCUT2D eigenvalue weighted by Gasteiger charge is -2.23. The van der Waals surface area contributed by atoms with Crippen LogP contribution >= 0.6 is 23.5 Å². The van der Waals surface area contributed by atoms with Crippen LogP contribution < -0.4 is 11.1 Å². The van der Waals surface area contributed by atoms with Gasteiger partial charge < -0.3 is 11.1 Å². The third kappa shape index (κ3) is 7.55. The standard InChI is InChI=1S/C20H26N2OS2/c1-20(21,16-25-15-18-10-6-3-7-11-18)19(23)22-12-13-24-14-17-8-4-2-5-9-17/h2-11H,12-16,21H2,1H3,(H,22,23)/t20-/m0/s1. The highest BCUT2D eigenvalue weighted by Crippen LogP contribution is 2.17. The van der Waals surface area contributed by atoms with Crippen LogP contribution in [0, 0.1) is 0 Å². The van der Waals surface area contributed by atoms with E-state index < -0.39 is 5.54 Å². The van der Waals surface area contributed by atoms with Gasteiger partial charge in [-0.05, 0) is 18.1 Å². The molecule has 0 bridgehead atoms. The topological polar surface area (TPSA) is 55.1 Å². The summed E-state index contributed by atoms with van der Waals surface area (Å²) in [5.74, 6) is 3.24. The Balaban J connectivity index is 1.61. The molecule has 3 nitrogen and oxygen atoms in total. The van der Waals surface area contributed by atoms with Crippen LogP contribution in [0.4, 0.5) is 0 Å². The van der Waals surface area contributed by atoms with Crippen molar-refractivity contribution < 1.29 is 4.79 Å². The molecule has 2 aromatic rings. The quantitative estimate of drug-likeness (QED) is 0.623. The normalized spacial score (nSPS) is 13.2. The zero-order valence-electron chi connectivity index (χ0n) is 14.6. The van der Waals surface area contributed by atoms with E-state index in [1.54, 1.807) is 18.7 Å². The number of benzene rings is 2. The summed E-state index contributed by atoms with van der Waals surface area (Å²) in [5.41, 5.74) is 7.90. The first-order valence-electron chi connectivity index (χ1n) is 8.38. The van der Waals surface area contributed by atoms with E-state index in [1.165, 1.54) is 11.1 Å². The molecule has 0 saturated carbocycles. The smallest absolute Gasteiger partial charge is 0.240 e. The minimum atomic E-state index is -0.844. The molecule has 0 aliphatic rings. The Morgan fingerprint density at radius 2 is 1.48 bits per heavy atom. The molecule has 0 spiro atoms. The second-order valence-electron chi connectivity index (χ2n) is 6.19. The third-order valence-electron chi connectivity index (χ3n) is 3.68. The van der Waals surface area contributed by atoms with E-state index in [0.29, 0.717) is 12.3 Å². The number of rotatable bonds is 10. The summed E-state index contributed by atoms with van der Waals surface area (Å²) < 4.78 is 0. The molecule has 0 fully saturated rings. The van der Waals surface area contributed by atoms with Crippen molar-refractivity contribution in [1.29, 1.82) is 0 Å². The monoisotopic (exact) mass is 374 g/mol. The number of carbonyl (C=O) groups excluding carboxylic acids is 1. The van der Waals surface area contributed by atoms with Crippen molar-refractivity contribution in [3.8, 4) is 0 Å². The molecule has 2 aromatic carbocycles. The zero-order chi connectivity index (χ0) is 18.0. The molecular formula is C20H26N2OS2. The van der Waals surface area contributed by atoms with E-state index in [-0.39, 0.29) is 5.91 Å². The lowest BCUT2D eigenvalue weighted by Crippen LogP contribution is -2.54. The zero-order valence-corrected chi connectivity index (χ0v) is 16.2. The Kier molecular flexibility index (Phi) is 8.38. The molecule has 0 unspecified atom stereocenters. The second kappa shape index (κ2) is 10.5. The van der Waals surface area contributed by atoms with Gasteiger partial charge in [0, 0.05) is 29.6 Å². The van der Waals surface area contributed by atoms with Gasteiger partial charge in [0.2, 0.25) is 5.91 Å². The predicted molar refractivity (Wildman–Crippen MR) is 111 cm³/mol. The highest BCUT2D eigenvalue weighted by atomic mass is 32.2. The Hall–Kier alpha value is -1.43. The average Bonchev–Trinajstić information content (AvgIpc) is 2.63. The van der Waals surface area contributed by atoms with Crippen LogP contribution in [0.5, 0.6) is 0 Å². The second-order valence-corrected chi connectivity index (χ2v) is 8.28. The molecule has 3 N–H and O–H groups in total. The summed E-state index contributed by atoms with van der Waals surface area (Å²) in [7, 11) is 0. The highest BCUT2D eigenvalue weighted by Gasteiger charge is 2.27. The maximum absolute atomic E-state index is 12.3. The van der Waals surface area contributed by atoms with Gasteiger partial charge in [-0.3, -0.25) is 4.79 Å². The van der Waals surface area contributed by atoms with Crippen molar-refractivity contribution in [2.75, 3.05) is 18.1 Å². The number of amides is 1. The van der Waals surface area contributed by atoms with Gasteiger partial charge in [-0.25, -0.2) is 0 Å². The summed E-state index contributed by atoms with van der Waals surface area (Å²) in [5, 5.41) is 2.96. The van der Waals surface area contributed by atoms with Crippen LogP contribution in [0.1, 0.15) is 18.1 Å². The molecule has 2 rings (SSSR count). The summed E-state index contributed by atoms with van der Waals surface area (Å²) in [4.78, 5) is 12.3. The minimum absolute atomic E-state index is 0.0756. The summed E-state index contributed by atoms with van der Waals surface area (Å²) >= 11 is 3.50. The van der Waals surface area contributed by atoms with Crippen molar-refractivity contribution in [2.24, 2.45) is 5.73 Å². The molecule has 1 atom stereocenters. The van der Waals surface area contributed by atoms with E-state index in [9.17, 15) is 4.79 Å². The SMILES string of the molecule is C[C@](N)(CSCc1ccccc1)C(=O)NCCSCc1ccccc1. The molecular weight excluding hydrogens is 348 g/mol. The van der Waals surface area contributed by atoms with Gasteiger partial charge >= 0.3 is 0 Å². The molecule has 0 heterocycles. The minimum Gasteiger partial charge on any atom is -0.354 e. The molecule has 0 aromatic heterocycles. The van der Waals surface area contributed by atoms with Crippen LogP contribution in [0.25, 0.3) is 0 Å². The molecule has 5 heteroatoms. The Morgan fingerprint density at radius 3 is 2.04 bits per heavy atom. The molecule has 0 aliphatic heterocycles. The van der Waals surface area contributed by atoms with Gasteiger partial charge in [0.1, 0.15) is 5.54 Å². The average molecular weight is 375 g/mol. The van der Waals surface area contributed by atoms with Gasteiger partial charge in [-0.1, -0.05) is 60.7 Å². The van der Waals surface area contributed by atoms with Crippen molar-refractivity contribution in [1.82, 2.24) is 5.32 Å². The largest absolute Gasteiger partial charge is 0.354 e. The van der Waals surface area contributed by atoms with Gasteiger partial charge in [0.15, 0.2) is 0 Å². The van der Waals surface area contributed by atoms with Crippen LogP contribution in [0.15, 0.2) is 60.7 Å². The van der Waals surface area contributed by atoms with Gasteiger partial charge in [-0.2, -0.15) is 23.5 Å². The molecule has 1 amide bonds. The van der Waals surface area contributed by atoms with Gasteiger partial charge in [0.25, 0.3) is 0 Å². The number of nitrogens with two attached hydrogens (primary N) is 1. The predicted octanol–water partition coefficient (Wildman–Crippen LogP) is 3.69. The molecule has 0 aliphatic carbocycles. The van der Waals surface area contributed by atoms with Crippen LogP contribution in [0.2, 0.25) is 0 Å². The Labute approximate surface area is 159 Å². The van der Waals surface area contributed by atoms with Crippen LogP contribution in [-0.2, 0) is 16.3 Å². The lowest BCUT2D eigenvalue weighted by molar-refractivity contribution is -0.124. The van der Waals surface area contributed by atoms with Crippen molar-refractivity contribution >= 4 is 29.4 Å². The fraction of sp³-hybridized carbons (Fsp3) is 0.350. The molecule has 0 radical (unpaired) electrons. The first-order chi connectivity index (χ1) is 12.1. The van der Waals surface area contributed by atoms with Gasteiger partial charge in [-0.15, -0.1) is 0 Å². The number of hydrogen-bond donors (Lipinski definition) is 2. The van der Waals surface area contributed by atoms with E-state index in [2.05, 4.69) is 29.6 Å². The molecule has 25 heavy (non-hydrogen) atoms. The fourth-order valence-electron chi connectivity index (χ4n) is 2.22. The lowest BCUT2D eigenvalue weighted by atomic mass is 10.1. The highest BCUT2D eigenvalue weighted by molar-refractivity contribution is 7.98. The van der Waals surface area contributed by atoms with Crippen molar-refractivity contribution in [3.63, 3.8) is 0 Å². The Bertz CT molecular complexity index is 633. The third-order valence-corrected chi connectivity index (χ3v) is 6.05. The summed E-state index contributed by atoms with van der Waals surface area (Å²) in [6.45, 7) is 2.45. The number of nitrogens with one attached hydrogen (secondary N) is 1. The number of carbonyl (C=O) groups is 1. The summed E-state index contributed by atoms with van der Waals surface area (Å²) in [6.07, 6.45) is 0.